The zero-order valence-electron chi connectivity index (χ0n) is 15.6. The predicted molar refractivity (Wildman–Crippen MR) is 106 cm³/mol. The largest absolute Gasteiger partial charge is 0.387 e. The van der Waals surface area contributed by atoms with Gasteiger partial charge in [-0.2, -0.15) is 0 Å². The number of allylic oxidation sites excluding steroid dienone is 2. The summed E-state index contributed by atoms with van der Waals surface area (Å²) in [5.74, 6) is 0.810. The van der Waals surface area contributed by atoms with Crippen LogP contribution in [0.25, 0.3) is 0 Å². The maximum absolute atomic E-state index is 5.81. The topological polar surface area (TPSA) is 38.4 Å². The summed E-state index contributed by atoms with van der Waals surface area (Å²) in [5, 5.41) is 0. The Bertz CT molecular complexity index is 648. The van der Waals surface area contributed by atoms with Crippen LogP contribution in [-0.4, -0.2) is 5.84 Å². The smallest absolute Gasteiger partial charge is 0.0961 e. The van der Waals surface area contributed by atoms with Crippen LogP contribution in [0.5, 0.6) is 0 Å². The van der Waals surface area contributed by atoms with E-state index in [9.17, 15) is 0 Å². The Hall–Kier alpha value is -2.35. The van der Waals surface area contributed by atoms with Gasteiger partial charge in [0, 0.05) is 11.6 Å². The van der Waals surface area contributed by atoms with Crippen LogP contribution in [0.4, 0.5) is 0 Å². The van der Waals surface area contributed by atoms with Crippen molar-refractivity contribution in [3.63, 3.8) is 0 Å². The number of amidine groups is 1. The van der Waals surface area contributed by atoms with Gasteiger partial charge in [-0.15, -0.1) is 0 Å². The van der Waals surface area contributed by atoms with Gasteiger partial charge in [-0.25, -0.2) is 4.99 Å². The molecule has 0 spiro atoms. The Balaban J connectivity index is 0.00000139. The number of nitrogens with zero attached hydrogens (tertiary/aromatic N) is 1. The van der Waals surface area contributed by atoms with E-state index in [1.54, 1.807) is 0 Å². The van der Waals surface area contributed by atoms with Crippen LogP contribution in [0.2, 0.25) is 0 Å². The van der Waals surface area contributed by atoms with Crippen molar-refractivity contribution in [1.29, 1.82) is 0 Å². The molecule has 0 aromatic heterocycles. The van der Waals surface area contributed by atoms with Crippen molar-refractivity contribution in [2.75, 3.05) is 0 Å². The van der Waals surface area contributed by atoms with E-state index in [1.807, 2.05) is 33.8 Å². The molecule has 2 aromatic carbocycles. The molecule has 0 saturated carbocycles. The number of nitrogens with two attached hydrogens (primary N) is 1. The Morgan fingerprint density at radius 2 is 1.62 bits per heavy atom. The zero-order valence-corrected chi connectivity index (χ0v) is 15.6. The molecule has 0 aliphatic rings. The highest BCUT2D eigenvalue weighted by molar-refractivity contribution is 5.78. The molecule has 2 nitrogen and oxygen atoms in total. The lowest BCUT2D eigenvalue weighted by atomic mass is 9.88. The minimum Gasteiger partial charge on any atom is -0.387 e. The van der Waals surface area contributed by atoms with Gasteiger partial charge in [0.15, 0.2) is 0 Å². The van der Waals surface area contributed by atoms with Crippen LogP contribution in [0, 0.1) is 6.92 Å². The van der Waals surface area contributed by atoms with E-state index in [2.05, 4.69) is 66.5 Å². The maximum atomic E-state index is 5.81. The van der Waals surface area contributed by atoms with Gasteiger partial charge in [0.2, 0.25) is 0 Å². The summed E-state index contributed by atoms with van der Waals surface area (Å²) in [6, 6.07) is 19.2. The van der Waals surface area contributed by atoms with Crippen LogP contribution in [0.3, 0.4) is 0 Å². The summed E-state index contributed by atoms with van der Waals surface area (Å²) < 4.78 is 0. The van der Waals surface area contributed by atoms with E-state index in [4.69, 9.17) is 5.73 Å². The Labute approximate surface area is 147 Å². The molecule has 24 heavy (non-hydrogen) atoms. The number of rotatable bonds is 5. The molecule has 128 valence electrons. The summed E-state index contributed by atoms with van der Waals surface area (Å²) in [6.45, 7) is 9.96. The normalized spacial score (nSPS) is 13.0. The van der Waals surface area contributed by atoms with Gasteiger partial charge in [-0.05, 0) is 38.3 Å². The number of hydrogen-bond acceptors (Lipinski definition) is 1. The minimum absolute atomic E-state index is 0.214. The first-order valence-electron chi connectivity index (χ1n) is 8.67. The minimum atomic E-state index is 0.214. The Morgan fingerprint density at radius 3 is 2.12 bits per heavy atom. The van der Waals surface area contributed by atoms with E-state index in [-0.39, 0.29) is 5.92 Å². The zero-order chi connectivity index (χ0) is 17.9. The van der Waals surface area contributed by atoms with E-state index in [1.165, 1.54) is 16.7 Å². The second-order valence-corrected chi connectivity index (χ2v) is 5.62. The van der Waals surface area contributed by atoms with Crippen molar-refractivity contribution in [2.45, 2.75) is 47.0 Å². The van der Waals surface area contributed by atoms with E-state index < -0.39 is 0 Å². The van der Waals surface area contributed by atoms with E-state index in [0.717, 1.165) is 12.1 Å². The third-order valence-corrected chi connectivity index (χ3v) is 3.72. The monoisotopic (exact) mass is 322 g/mol. The standard InChI is InChI=1S/C20H24N2.C2H6/c1-4-20(22-16(3)21)19(14-17-8-6-5-7-9-17)18-12-10-15(2)11-13-18;1-2/h4-13,19H,14H2,1-3H3,(H2,21,22);1-2H3/b20-4-;. The summed E-state index contributed by atoms with van der Waals surface area (Å²) >= 11 is 0. The number of aliphatic imine (C=N–C) groups is 1. The first-order chi connectivity index (χ1) is 11.6. The summed E-state index contributed by atoms with van der Waals surface area (Å²) in [5.41, 5.74) is 10.7. The third kappa shape index (κ3) is 6.04. The van der Waals surface area contributed by atoms with Crippen LogP contribution >= 0.6 is 0 Å². The lowest BCUT2D eigenvalue weighted by Gasteiger charge is -2.19. The predicted octanol–water partition coefficient (Wildman–Crippen LogP) is 5.63. The summed E-state index contributed by atoms with van der Waals surface area (Å²) in [6.07, 6.45) is 2.98. The van der Waals surface area contributed by atoms with Gasteiger partial charge in [0.05, 0.1) is 5.84 Å². The number of aryl methyl sites for hydroxylation is 1. The van der Waals surface area contributed by atoms with E-state index in [0.29, 0.717) is 5.84 Å². The van der Waals surface area contributed by atoms with Gasteiger partial charge in [0.1, 0.15) is 0 Å². The van der Waals surface area contributed by atoms with Gasteiger partial charge in [0.25, 0.3) is 0 Å². The highest BCUT2D eigenvalue weighted by Crippen LogP contribution is 2.29. The number of hydrogen-bond donors (Lipinski definition) is 1. The molecule has 2 rings (SSSR count). The van der Waals surface area contributed by atoms with Crippen molar-refractivity contribution >= 4 is 5.84 Å². The van der Waals surface area contributed by atoms with Crippen molar-refractivity contribution < 1.29 is 0 Å². The Morgan fingerprint density at radius 1 is 1.04 bits per heavy atom. The van der Waals surface area contributed by atoms with Crippen molar-refractivity contribution in [1.82, 2.24) is 0 Å². The quantitative estimate of drug-likeness (QED) is 0.562. The van der Waals surface area contributed by atoms with Crippen molar-refractivity contribution in [3.8, 4) is 0 Å². The molecule has 2 aromatic rings. The van der Waals surface area contributed by atoms with Gasteiger partial charge in [-0.1, -0.05) is 80.1 Å². The molecule has 0 amide bonds. The highest BCUT2D eigenvalue weighted by atomic mass is 14.9. The van der Waals surface area contributed by atoms with E-state index >= 15 is 0 Å². The molecule has 0 saturated heterocycles. The molecule has 2 heteroatoms. The molecular weight excluding hydrogens is 292 g/mol. The maximum Gasteiger partial charge on any atom is 0.0961 e. The third-order valence-electron chi connectivity index (χ3n) is 3.72. The van der Waals surface area contributed by atoms with Gasteiger partial charge in [-0.3, -0.25) is 0 Å². The summed E-state index contributed by atoms with van der Waals surface area (Å²) in [7, 11) is 0. The lowest BCUT2D eigenvalue weighted by molar-refractivity contribution is 0.773. The van der Waals surface area contributed by atoms with Crippen LogP contribution in [0.15, 0.2) is 71.4 Å². The molecule has 1 atom stereocenters. The van der Waals surface area contributed by atoms with Gasteiger partial charge >= 0.3 is 0 Å². The average molecular weight is 322 g/mol. The van der Waals surface area contributed by atoms with Crippen LogP contribution < -0.4 is 5.73 Å². The second-order valence-electron chi connectivity index (χ2n) is 5.62. The molecule has 1 unspecified atom stereocenters. The first kappa shape index (κ1) is 19.7. The second kappa shape index (κ2) is 10.4. The van der Waals surface area contributed by atoms with Gasteiger partial charge < -0.3 is 5.73 Å². The summed E-state index contributed by atoms with van der Waals surface area (Å²) in [4.78, 5) is 4.55. The molecule has 0 bridgehead atoms. The molecular formula is C22H30N2. The molecule has 0 fully saturated rings. The molecule has 0 radical (unpaired) electrons. The van der Waals surface area contributed by atoms with Crippen molar-refractivity contribution in [2.24, 2.45) is 10.7 Å². The molecule has 0 heterocycles. The van der Waals surface area contributed by atoms with Crippen LogP contribution in [0.1, 0.15) is 50.3 Å². The molecule has 0 aliphatic carbocycles. The highest BCUT2D eigenvalue weighted by Gasteiger charge is 2.17. The Kier molecular flexibility index (Phi) is 8.56. The van der Waals surface area contributed by atoms with Crippen molar-refractivity contribution in [3.05, 3.63) is 83.1 Å². The molecule has 2 N–H and O–H groups in total. The SMILES string of the molecule is C/C=C(\N=C(C)N)C(Cc1ccccc1)c1ccc(C)cc1.CC. The first-order valence-corrected chi connectivity index (χ1v) is 8.67. The lowest BCUT2D eigenvalue weighted by Crippen LogP contribution is -2.11. The average Bonchev–Trinajstić information content (AvgIpc) is 2.61. The fourth-order valence-electron chi connectivity index (χ4n) is 2.59. The van der Waals surface area contributed by atoms with Crippen LogP contribution in [-0.2, 0) is 6.42 Å². The number of benzene rings is 2. The fraction of sp³-hybridized carbons (Fsp3) is 0.318. The fourth-order valence-corrected chi connectivity index (χ4v) is 2.59. The molecule has 0 aliphatic heterocycles.